The fraction of sp³-hybridized carbons (Fsp3) is 0.600. The molecular formula is C30H56N4O5. The van der Waals surface area contributed by atoms with Crippen molar-refractivity contribution in [1.29, 1.82) is 0 Å². The summed E-state index contributed by atoms with van der Waals surface area (Å²) in [6, 6.07) is 5.93. The molecule has 0 fully saturated rings. The van der Waals surface area contributed by atoms with Gasteiger partial charge in [-0.05, 0) is 83.0 Å². The van der Waals surface area contributed by atoms with Crippen LogP contribution in [0.3, 0.4) is 0 Å². The summed E-state index contributed by atoms with van der Waals surface area (Å²) < 4.78 is 16.1. The number of ether oxygens (including phenoxy) is 3. The van der Waals surface area contributed by atoms with E-state index in [-0.39, 0.29) is 13.2 Å². The quantitative estimate of drug-likeness (QED) is 0.0956. The molecule has 0 heterocycles. The van der Waals surface area contributed by atoms with Gasteiger partial charge in [0, 0.05) is 30.2 Å². The van der Waals surface area contributed by atoms with Gasteiger partial charge < -0.3 is 46.5 Å². The highest BCUT2D eigenvalue weighted by atomic mass is 16.5. The van der Waals surface area contributed by atoms with Crippen LogP contribution in [-0.4, -0.2) is 82.7 Å². The van der Waals surface area contributed by atoms with Crippen LogP contribution in [0.2, 0.25) is 0 Å². The van der Waals surface area contributed by atoms with E-state index in [1.54, 1.807) is 0 Å². The maximum atomic E-state index is 8.78. The van der Waals surface area contributed by atoms with Crippen molar-refractivity contribution in [2.75, 3.05) is 83.1 Å². The minimum atomic E-state index is 0.0257. The first kappa shape index (κ1) is 40.9. The molecule has 0 spiro atoms. The van der Waals surface area contributed by atoms with E-state index in [2.05, 4.69) is 45.4 Å². The van der Waals surface area contributed by atoms with Gasteiger partial charge in [-0.2, -0.15) is 0 Å². The lowest BCUT2D eigenvalue weighted by Gasteiger charge is -2.25. The molecule has 9 nitrogen and oxygen atoms in total. The molecule has 0 atom stereocenters. The van der Waals surface area contributed by atoms with Gasteiger partial charge in [-0.15, -0.1) is 12.8 Å². The molecule has 0 aliphatic heterocycles. The lowest BCUT2D eigenvalue weighted by atomic mass is 10.0. The second-order valence-electron chi connectivity index (χ2n) is 8.65. The summed E-state index contributed by atoms with van der Waals surface area (Å²) >= 11 is 0. The number of nitrogen functional groups attached to an aromatic ring is 1. The summed E-state index contributed by atoms with van der Waals surface area (Å²) in [6.45, 7) is 19.1. The minimum absolute atomic E-state index is 0.0257. The number of nitrogens with two attached hydrogens (primary N) is 3. The third-order valence-electron chi connectivity index (χ3n) is 5.38. The van der Waals surface area contributed by atoms with Crippen molar-refractivity contribution < 1.29 is 24.4 Å². The first-order valence-corrected chi connectivity index (χ1v) is 13.2. The van der Waals surface area contributed by atoms with Crippen LogP contribution in [-0.2, 0) is 14.2 Å². The van der Waals surface area contributed by atoms with E-state index in [1.807, 2.05) is 39.0 Å². The van der Waals surface area contributed by atoms with Gasteiger partial charge in [0.05, 0.1) is 52.9 Å². The van der Waals surface area contributed by atoms with Crippen molar-refractivity contribution in [3.63, 3.8) is 0 Å². The Morgan fingerprint density at radius 3 is 1.62 bits per heavy atom. The standard InChI is InChI=1S/C17H30N2O5.C9H17N.C2H7N.C2H2/c1-15-14-16(2-3-17(15)18)19(4-8-22-10-6-20)5-9-23-12-13-24-11-7-21;1-6(2)7(3)8(4)9(5)10;1-2-3;1-2/h2-3,14,20-21H,4-13,18H2,1H3;10H2,1-5H3;2-3H2,1H3;1-2H/b;9-8+;;. The Labute approximate surface area is 238 Å². The average molecular weight is 553 g/mol. The predicted octanol–water partition coefficient (Wildman–Crippen LogP) is 3.23. The molecule has 1 aromatic carbocycles. The first-order chi connectivity index (χ1) is 18.6. The Balaban J connectivity index is -0.000000717. The Morgan fingerprint density at radius 1 is 0.821 bits per heavy atom. The van der Waals surface area contributed by atoms with Gasteiger partial charge in [0.2, 0.25) is 0 Å². The molecular weight excluding hydrogens is 496 g/mol. The number of aryl methyl sites for hydroxylation is 1. The van der Waals surface area contributed by atoms with Gasteiger partial charge in [-0.3, -0.25) is 0 Å². The van der Waals surface area contributed by atoms with Crippen molar-refractivity contribution in [3.8, 4) is 12.8 Å². The Kier molecular flexibility index (Phi) is 29.8. The zero-order chi connectivity index (χ0) is 30.6. The number of aliphatic hydroxyl groups excluding tert-OH is 2. The fourth-order valence-electron chi connectivity index (χ4n) is 2.80. The molecule has 8 N–H and O–H groups in total. The number of aliphatic hydroxyl groups is 2. The summed E-state index contributed by atoms with van der Waals surface area (Å²) in [6.07, 6.45) is 8.00. The number of rotatable bonds is 15. The van der Waals surface area contributed by atoms with Crippen molar-refractivity contribution in [2.24, 2.45) is 11.5 Å². The Hall–Kier alpha value is -2.58. The van der Waals surface area contributed by atoms with E-state index in [0.29, 0.717) is 52.7 Å². The summed E-state index contributed by atoms with van der Waals surface area (Å²) in [7, 11) is 0. The second-order valence-corrected chi connectivity index (χ2v) is 8.65. The number of benzene rings is 1. The van der Waals surface area contributed by atoms with E-state index in [4.69, 9.17) is 41.6 Å². The van der Waals surface area contributed by atoms with Gasteiger partial charge in [-0.25, -0.2) is 0 Å². The minimum Gasteiger partial charge on any atom is -0.402 e. The van der Waals surface area contributed by atoms with Crippen LogP contribution in [0.15, 0.2) is 40.6 Å². The highest BCUT2D eigenvalue weighted by Gasteiger charge is 2.08. The first-order valence-electron chi connectivity index (χ1n) is 13.2. The van der Waals surface area contributed by atoms with E-state index in [1.165, 1.54) is 16.7 Å². The molecule has 0 amide bonds. The van der Waals surface area contributed by atoms with E-state index in [0.717, 1.165) is 29.2 Å². The van der Waals surface area contributed by atoms with E-state index >= 15 is 0 Å². The average Bonchev–Trinajstić information content (AvgIpc) is 2.92. The van der Waals surface area contributed by atoms with Crippen molar-refractivity contribution >= 4 is 11.4 Å². The molecule has 0 bridgehead atoms. The van der Waals surface area contributed by atoms with Gasteiger partial charge in [0.25, 0.3) is 0 Å². The molecule has 0 aliphatic carbocycles. The zero-order valence-corrected chi connectivity index (χ0v) is 25.5. The highest BCUT2D eigenvalue weighted by molar-refractivity contribution is 5.58. The fourth-order valence-corrected chi connectivity index (χ4v) is 2.80. The summed E-state index contributed by atoms with van der Waals surface area (Å²) in [4.78, 5) is 2.17. The largest absolute Gasteiger partial charge is 0.402 e. The Bertz CT molecular complexity index is 780. The van der Waals surface area contributed by atoms with Crippen LogP contribution in [0.25, 0.3) is 0 Å². The molecule has 0 saturated heterocycles. The summed E-state index contributed by atoms with van der Waals surface area (Å²) in [5, 5.41) is 17.4. The lowest BCUT2D eigenvalue weighted by Crippen LogP contribution is -2.31. The smallest absolute Gasteiger partial charge is 0.0701 e. The van der Waals surface area contributed by atoms with Gasteiger partial charge in [-0.1, -0.05) is 12.5 Å². The molecule has 0 unspecified atom stereocenters. The normalized spacial score (nSPS) is 10.5. The van der Waals surface area contributed by atoms with E-state index in [9.17, 15) is 0 Å². The molecule has 9 heteroatoms. The summed E-state index contributed by atoms with van der Waals surface area (Å²) in [5.74, 6) is 0. The summed E-state index contributed by atoms with van der Waals surface area (Å²) in [5.41, 5.74) is 24.0. The molecule has 0 aromatic heterocycles. The monoisotopic (exact) mass is 552 g/mol. The number of terminal acetylenes is 1. The molecule has 39 heavy (non-hydrogen) atoms. The van der Waals surface area contributed by atoms with Gasteiger partial charge in [0.15, 0.2) is 0 Å². The third kappa shape index (κ3) is 23.1. The molecule has 0 saturated carbocycles. The van der Waals surface area contributed by atoms with Crippen LogP contribution in [0.4, 0.5) is 11.4 Å². The molecule has 226 valence electrons. The lowest BCUT2D eigenvalue weighted by molar-refractivity contribution is 0.0347. The molecule has 0 aliphatic rings. The topological polar surface area (TPSA) is 149 Å². The van der Waals surface area contributed by atoms with Crippen LogP contribution >= 0.6 is 0 Å². The van der Waals surface area contributed by atoms with Gasteiger partial charge in [0.1, 0.15) is 0 Å². The highest BCUT2D eigenvalue weighted by Crippen LogP contribution is 2.20. The van der Waals surface area contributed by atoms with Crippen LogP contribution in [0.5, 0.6) is 0 Å². The number of allylic oxidation sites excluding steroid dienone is 4. The second kappa shape index (κ2) is 28.4. The van der Waals surface area contributed by atoms with Crippen LogP contribution < -0.4 is 22.1 Å². The zero-order valence-electron chi connectivity index (χ0n) is 25.5. The molecule has 1 rings (SSSR count). The maximum Gasteiger partial charge on any atom is 0.0701 e. The van der Waals surface area contributed by atoms with Crippen LogP contribution in [0, 0.1) is 19.8 Å². The van der Waals surface area contributed by atoms with Crippen molar-refractivity contribution in [3.05, 3.63) is 46.2 Å². The van der Waals surface area contributed by atoms with Crippen LogP contribution in [0.1, 0.15) is 47.1 Å². The number of hydrogen-bond donors (Lipinski definition) is 5. The predicted molar refractivity (Wildman–Crippen MR) is 166 cm³/mol. The van der Waals surface area contributed by atoms with Crippen molar-refractivity contribution in [1.82, 2.24) is 0 Å². The Morgan fingerprint density at radius 2 is 1.26 bits per heavy atom. The van der Waals surface area contributed by atoms with Gasteiger partial charge >= 0.3 is 0 Å². The molecule has 0 radical (unpaired) electrons. The number of hydrogen-bond acceptors (Lipinski definition) is 9. The van der Waals surface area contributed by atoms with Crippen molar-refractivity contribution in [2.45, 2.75) is 48.5 Å². The SMILES string of the molecule is C#C.CC(C)=C(C)/C(C)=C(\C)N.CCN.Cc1cc(N(CCOCCO)CCOCCOCCO)ccc1N. The molecule has 1 aromatic rings. The number of anilines is 2. The maximum absolute atomic E-state index is 8.78. The van der Waals surface area contributed by atoms with E-state index < -0.39 is 0 Å². The third-order valence-corrected chi connectivity index (χ3v) is 5.38. The number of nitrogens with zero attached hydrogens (tertiary/aromatic N) is 1.